The molecule has 0 radical (unpaired) electrons. The van der Waals surface area contributed by atoms with Crippen LogP contribution in [0.3, 0.4) is 0 Å². The lowest BCUT2D eigenvalue weighted by atomic mass is 10.1. The maximum Gasteiger partial charge on any atom is 0.207 e. The van der Waals surface area contributed by atoms with E-state index >= 15 is 0 Å². The van der Waals surface area contributed by atoms with Crippen molar-refractivity contribution >= 4 is 6.41 Å². The van der Waals surface area contributed by atoms with Crippen LogP contribution in [-0.2, 0) is 11.3 Å². The highest BCUT2D eigenvalue weighted by molar-refractivity contribution is 5.50. The Kier molecular flexibility index (Phi) is 3.97. The second-order valence-corrected chi connectivity index (χ2v) is 3.12. The zero-order chi connectivity index (χ0) is 11.3. The third-order valence-electron chi connectivity index (χ3n) is 2.22. The summed E-state index contributed by atoms with van der Waals surface area (Å²) in [5, 5.41) is 2.62. The Hall–Kier alpha value is -1.71. The van der Waals surface area contributed by atoms with Crippen molar-refractivity contribution in [2.24, 2.45) is 0 Å². The number of carbonyl (C=O) groups excluding carboxylic acids is 1. The average molecular weight is 209 g/mol. The van der Waals surface area contributed by atoms with Gasteiger partial charge in [0, 0.05) is 18.2 Å². The molecule has 0 aliphatic rings. The van der Waals surface area contributed by atoms with Crippen molar-refractivity contribution in [1.82, 2.24) is 5.32 Å². The minimum atomic E-state index is 0.461. The van der Waals surface area contributed by atoms with E-state index in [1.807, 2.05) is 13.0 Å². The highest BCUT2D eigenvalue weighted by Gasteiger charge is 2.08. The lowest BCUT2D eigenvalue weighted by molar-refractivity contribution is -0.109. The van der Waals surface area contributed by atoms with Gasteiger partial charge < -0.3 is 14.8 Å². The number of aryl methyl sites for hydroxylation is 1. The van der Waals surface area contributed by atoms with Crippen LogP contribution in [-0.4, -0.2) is 20.6 Å². The first-order valence-electron chi connectivity index (χ1n) is 4.61. The summed E-state index contributed by atoms with van der Waals surface area (Å²) in [5.74, 6) is 1.47. The second kappa shape index (κ2) is 5.24. The molecule has 1 amide bonds. The maximum absolute atomic E-state index is 10.2. The van der Waals surface area contributed by atoms with Gasteiger partial charge in [-0.1, -0.05) is 0 Å². The van der Waals surface area contributed by atoms with Crippen LogP contribution in [0.4, 0.5) is 0 Å². The second-order valence-electron chi connectivity index (χ2n) is 3.12. The summed E-state index contributed by atoms with van der Waals surface area (Å²) in [7, 11) is 3.20. The number of rotatable bonds is 5. The lowest BCUT2D eigenvalue weighted by Gasteiger charge is -2.13. The van der Waals surface area contributed by atoms with Crippen molar-refractivity contribution in [3.05, 3.63) is 23.3 Å². The number of hydrogen-bond acceptors (Lipinski definition) is 3. The molecule has 1 aromatic rings. The zero-order valence-electron chi connectivity index (χ0n) is 9.16. The molecule has 0 heterocycles. The number of hydrogen-bond donors (Lipinski definition) is 1. The van der Waals surface area contributed by atoms with E-state index in [-0.39, 0.29) is 0 Å². The van der Waals surface area contributed by atoms with Gasteiger partial charge in [-0.3, -0.25) is 4.79 Å². The molecule has 1 rings (SSSR count). The minimum absolute atomic E-state index is 0.461. The molecule has 82 valence electrons. The maximum atomic E-state index is 10.2. The number of amides is 1. The molecule has 4 nitrogen and oxygen atoms in total. The summed E-state index contributed by atoms with van der Waals surface area (Å²) in [6.07, 6.45) is 0.670. The van der Waals surface area contributed by atoms with Crippen molar-refractivity contribution < 1.29 is 14.3 Å². The number of nitrogens with one attached hydrogen (secondary N) is 1. The van der Waals surface area contributed by atoms with Gasteiger partial charge in [-0.15, -0.1) is 0 Å². The molecule has 0 aliphatic carbocycles. The van der Waals surface area contributed by atoms with Gasteiger partial charge in [0.25, 0.3) is 0 Å². The molecule has 0 unspecified atom stereocenters. The van der Waals surface area contributed by atoms with Crippen LogP contribution in [0.1, 0.15) is 11.1 Å². The lowest BCUT2D eigenvalue weighted by Crippen LogP contribution is -2.12. The molecule has 1 aromatic carbocycles. The van der Waals surface area contributed by atoms with Crippen LogP contribution >= 0.6 is 0 Å². The number of ether oxygens (including phenoxy) is 2. The SMILES string of the molecule is COc1cc(C)c(CNC=O)c(OC)c1. The molecule has 0 saturated carbocycles. The summed E-state index contributed by atoms with van der Waals surface area (Å²) in [6, 6.07) is 3.71. The molecule has 15 heavy (non-hydrogen) atoms. The molecular weight excluding hydrogens is 194 g/mol. The third-order valence-corrected chi connectivity index (χ3v) is 2.22. The van der Waals surface area contributed by atoms with Gasteiger partial charge in [-0.05, 0) is 18.6 Å². The number of methoxy groups -OCH3 is 2. The summed E-state index contributed by atoms with van der Waals surface area (Å²) in [4.78, 5) is 10.2. The van der Waals surface area contributed by atoms with E-state index in [4.69, 9.17) is 9.47 Å². The van der Waals surface area contributed by atoms with Crippen LogP contribution in [0.15, 0.2) is 12.1 Å². The van der Waals surface area contributed by atoms with E-state index in [0.717, 1.165) is 22.6 Å². The highest BCUT2D eigenvalue weighted by Crippen LogP contribution is 2.28. The highest BCUT2D eigenvalue weighted by atomic mass is 16.5. The van der Waals surface area contributed by atoms with Gasteiger partial charge in [-0.25, -0.2) is 0 Å². The first kappa shape index (κ1) is 11.4. The molecule has 0 spiro atoms. The smallest absolute Gasteiger partial charge is 0.207 e. The monoisotopic (exact) mass is 209 g/mol. The summed E-state index contributed by atoms with van der Waals surface area (Å²) < 4.78 is 10.4. The molecule has 0 aromatic heterocycles. The topological polar surface area (TPSA) is 47.6 Å². The Bertz CT molecular complexity index is 350. The first-order valence-corrected chi connectivity index (χ1v) is 4.61. The predicted molar refractivity (Wildman–Crippen MR) is 57.2 cm³/mol. The van der Waals surface area contributed by atoms with E-state index in [9.17, 15) is 4.79 Å². The van der Waals surface area contributed by atoms with E-state index in [2.05, 4.69) is 5.32 Å². The Balaban J connectivity index is 3.06. The quantitative estimate of drug-likeness (QED) is 0.743. The largest absolute Gasteiger partial charge is 0.497 e. The zero-order valence-corrected chi connectivity index (χ0v) is 9.16. The van der Waals surface area contributed by atoms with Crippen LogP contribution in [0.2, 0.25) is 0 Å². The van der Waals surface area contributed by atoms with Crippen LogP contribution < -0.4 is 14.8 Å². The Labute approximate surface area is 89.2 Å². The first-order chi connectivity index (χ1) is 7.22. The average Bonchev–Trinajstić information content (AvgIpc) is 2.26. The van der Waals surface area contributed by atoms with Crippen molar-refractivity contribution in [2.75, 3.05) is 14.2 Å². The Morgan fingerprint density at radius 2 is 2.07 bits per heavy atom. The predicted octanol–water partition coefficient (Wildman–Crippen LogP) is 1.26. The summed E-state index contributed by atoms with van der Waals surface area (Å²) in [6.45, 7) is 2.41. The molecule has 0 aliphatic heterocycles. The van der Waals surface area contributed by atoms with Crippen LogP contribution in [0, 0.1) is 6.92 Å². The van der Waals surface area contributed by atoms with Crippen molar-refractivity contribution in [1.29, 1.82) is 0 Å². The van der Waals surface area contributed by atoms with Crippen LogP contribution in [0.25, 0.3) is 0 Å². The molecule has 4 heteroatoms. The van der Waals surface area contributed by atoms with E-state index in [1.54, 1.807) is 20.3 Å². The van der Waals surface area contributed by atoms with Gasteiger partial charge in [0.15, 0.2) is 0 Å². The third kappa shape index (κ3) is 2.62. The van der Waals surface area contributed by atoms with Crippen molar-refractivity contribution in [3.8, 4) is 11.5 Å². The van der Waals surface area contributed by atoms with E-state index in [1.165, 1.54) is 0 Å². The number of benzene rings is 1. The van der Waals surface area contributed by atoms with Crippen molar-refractivity contribution in [3.63, 3.8) is 0 Å². The molecule has 0 bridgehead atoms. The van der Waals surface area contributed by atoms with Crippen molar-refractivity contribution in [2.45, 2.75) is 13.5 Å². The fraction of sp³-hybridized carbons (Fsp3) is 0.364. The van der Waals surface area contributed by atoms with Gasteiger partial charge in [0.05, 0.1) is 14.2 Å². The molecule has 1 N–H and O–H groups in total. The fourth-order valence-electron chi connectivity index (χ4n) is 1.42. The summed E-state index contributed by atoms with van der Waals surface area (Å²) in [5.41, 5.74) is 1.99. The normalized spacial score (nSPS) is 9.53. The van der Waals surface area contributed by atoms with Gasteiger partial charge in [0.1, 0.15) is 11.5 Å². The molecule has 0 atom stereocenters. The molecular formula is C11H15NO3. The van der Waals surface area contributed by atoms with Gasteiger partial charge in [0.2, 0.25) is 6.41 Å². The fourth-order valence-corrected chi connectivity index (χ4v) is 1.42. The molecule has 0 fully saturated rings. The summed E-state index contributed by atoms with van der Waals surface area (Å²) >= 11 is 0. The van der Waals surface area contributed by atoms with Gasteiger partial charge in [-0.2, -0.15) is 0 Å². The Morgan fingerprint density at radius 1 is 1.33 bits per heavy atom. The molecule has 0 saturated heterocycles. The number of carbonyl (C=O) groups is 1. The standard InChI is InChI=1S/C11H15NO3/c1-8-4-9(14-2)5-11(15-3)10(8)6-12-7-13/h4-5,7H,6H2,1-3H3,(H,12,13). The van der Waals surface area contributed by atoms with E-state index in [0.29, 0.717) is 13.0 Å². The Morgan fingerprint density at radius 3 is 2.60 bits per heavy atom. The van der Waals surface area contributed by atoms with E-state index < -0.39 is 0 Å². The van der Waals surface area contributed by atoms with Crippen LogP contribution in [0.5, 0.6) is 11.5 Å². The minimum Gasteiger partial charge on any atom is -0.497 e. The van der Waals surface area contributed by atoms with Gasteiger partial charge >= 0.3 is 0 Å².